The highest BCUT2D eigenvalue weighted by Gasteiger charge is 2.44. The summed E-state index contributed by atoms with van der Waals surface area (Å²) < 4.78 is 0. The van der Waals surface area contributed by atoms with Crippen molar-refractivity contribution in [3.8, 4) is 0 Å². The van der Waals surface area contributed by atoms with Crippen molar-refractivity contribution >= 4 is 5.91 Å². The molecule has 1 amide bonds. The maximum absolute atomic E-state index is 12.5. The maximum Gasteiger partial charge on any atom is 0.240 e. The number of rotatable bonds is 2. The summed E-state index contributed by atoms with van der Waals surface area (Å²) in [6.45, 7) is 2.21. The van der Waals surface area contributed by atoms with E-state index in [9.17, 15) is 4.79 Å². The van der Waals surface area contributed by atoms with Crippen LogP contribution in [0.25, 0.3) is 0 Å². The van der Waals surface area contributed by atoms with Crippen LogP contribution in [0.2, 0.25) is 0 Å². The van der Waals surface area contributed by atoms with Crippen molar-refractivity contribution in [3.05, 3.63) is 0 Å². The van der Waals surface area contributed by atoms with Gasteiger partial charge in [-0.05, 0) is 49.9 Å². The second kappa shape index (κ2) is 4.52. The molecule has 0 aliphatic heterocycles. The Kier molecular flexibility index (Phi) is 3.13. The summed E-state index contributed by atoms with van der Waals surface area (Å²) in [4.78, 5) is 12.5. The molecule has 3 N–H and O–H groups in total. The number of carbonyl (C=O) groups excluding carboxylic acids is 1. The molecule has 102 valence electrons. The van der Waals surface area contributed by atoms with E-state index in [4.69, 9.17) is 5.73 Å². The Morgan fingerprint density at radius 1 is 1.28 bits per heavy atom. The van der Waals surface area contributed by atoms with Crippen LogP contribution in [-0.4, -0.2) is 17.5 Å². The van der Waals surface area contributed by atoms with Gasteiger partial charge in [0.1, 0.15) is 0 Å². The minimum absolute atomic E-state index is 0.131. The third-order valence-electron chi connectivity index (χ3n) is 5.54. The molecule has 18 heavy (non-hydrogen) atoms. The molecule has 0 aromatic rings. The van der Waals surface area contributed by atoms with Gasteiger partial charge in [-0.2, -0.15) is 0 Å². The van der Waals surface area contributed by atoms with Gasteiger partial charge in [-0.1, -0.05) is 26.2 Å². The number of amides is 1. The summed E-state index contributed by atoms with van der Waals surface area (Å²) in [6.07, 6.45) is 9.26. The third-order valence-corrected chi connectivity index (χ3v) is 5.54. The molecule has 0 spiro atoms. The van der Waals surface area contributed by atoms with Crippen LogP contribution in [0.4, 0.5) is 0 Å². The van der Waals surface area contributed by atoms with E-state index < -0.39 is 5.54 Å². The molecule has 0 aromatic heterocycles. The van der Waals surface area contributed by atoms with Crippen LogP contribution in [-0.2, 0) is 4.79 Å². The quantitative estimate of drug-likeness (QED) is 0.789. The standard InChI is InChI=1S/C15H26N2O/c1-10-3-2-6-15(16,9-10)14(18)17-13-8-11-4-5-12(13)7-11/h10-13H,2-9,16H2,1H3,(H,17,18). The number of nitrogens with two attached hydrogens (primary N) is 1. The van der Waals surface area contributed by atoms with Crippen LogP contribution in [0.1, 0.15) is 58.3 Å². The van der Waals surface area contributed by atoms with Gasteiger partial charge in [0.05, 0.1) is 5.54 Å². The average molecular weight is 250 g/mol. The summed E-state index contributed by atoms with van der Waals surface area (Å²) in [6, 6.07) is 0.425. The maximum atomic E-state index is 12.5. The highest BCUT2D eigenvalue weighted by Crippen LogP contribution is 2.44. The van der Waals surface area contributed by atoms with Gasteiger partial charge in [0.25, 0.3) is 0 Å². The summed E-state index contributed by atoms with van der Waals surface area (Å²) in [5.74, 6) is 2.34. The first-order chi connectivity index (χ1) is 8.57. The van der Waals surface area contributed by atoms with E-state index >= 15 is 0 Å². The van der Waals surface area contributed by atoms with Crippen LogP contribution in [0.15, 0.2) is 0 Å². The smallest absolute Gasteiger partial charge is 0.240 e. The van der Waals surface area contributed by atoms with E-state index in [-0.39, 0.29) is 5.91 Å². The van der Waals surface area contributed by atoms with Gasteiger partial charge in [-0.15, -0.1) is 0 Å². The fraction of sp³-hybridized carbons (Fsp3) is 0.933. The normalized spacial score (nSPS) is 47.2. The molecule has 3 aliphatic carbocycles. The minimum atomic E-state index is -0.584. The molecule has 5 atom stereocenters. The third kappa shape index (κ3) is 2.18. The Hall–Kier alpha value is -0.570. The van der Waals surface area contributed by atoms with E-state index in [1.54, 1.807) is 0 Å². The van der Waals surface area contributed by atoms with Crippen molar-refractivity contribution in [3.63, 3.8) is 0 Å². The first-order valence-corrected chi connectivity index (χ1v) is 7.67. The van der Waals surface area contributed by atoms with E-state index in [2.05, 4.69) is 12.2 Å². The lowest BCUT2D eigenvalue weighted by atomic mass is 9.76. The highest BCUT2D eigenvalue weighted by molar-refractivity contribution is 5.86. The van der Waals surface area contributed by atoms with Crippen molar-refractivity contribution in [2.75, 3.05) is 0 Å². The Morgan fingerprint density at radius 2 is 2.11 bits per heavy atom. The molecule has 3 nitrogen and oxygen atoms in total. The first-order valence-electron chi connectivity index (χ1n) is 7.67. The molecule has 5 unspecified atom stereocenters. The van der Waals surface area contributed by atoms with Crippen molar-refractivity contribution < 1.29 is 4.79 Å². The zero-order valence-corrected chi connectivity index (χ0v) is 11.5. The van der Waals surface area contributed by atoms with Crippen LogP contribution in [0, 0.1) is 17.8 Å². The van der Waals surface area contributed by atoms with Crippen molar-refractivity contribution in [1.82, 2.24) is 5.32 Å². The van der Waals surface area contributed by atoms with Crippen LogP contribution in [0.3, 0.4) is 0 Å². The molecule has 3 heteroatoms. The lowest BCUT2D eigenvalue weighted by Gasteiger charge is -2.37. The number of carbonyl (C=O) groups is 1. The molecule has 0 aromatic carbocycles. The SMILES string of the molecule is CC1CCCC(N)(C(=O)NC2CC3CCC2C3)C1. The van der Waals surface area contributed by atoms with Crippen LogP contribution < -0.4 is 11.1 Å². The molecule has 3 rings (SSSR count). The fourth-order valence-corrected chi connectivity index (χ4v) is 4.53. The van der Waals surface area contributed by atoms with E-state index in [0.29, 0.717) is 12.0 Å². The summed E-state index contributed by atoms with van der Waals surface area (Å²) in [5, 5.41) is 3.28. The van der Waals surface area contributed by atoms with E-state index in [1.807, 2.05) is 0 Å². The fourth-order valence-electron chi connectivity index (χ4n) is 4.53. The largest absolute Gasteiger partial charge is 0.351 e. The number of hydrogen-bond donors (Lipinski definition) is 2. The van der Waals surface area contributed by atoms with Crippen molar-refractivity contribution in [2.45, 2.75) is 69.9 Å². The van der Waals surface area contributed by atoms with E-state index in [1.165, 1.54) is 32.1 Å². The Balaban J connectivity index is 1.60. The molecular formula is C15H26N2O. The predicted molar refractivity (Wildman–Crippen MR) is 71.9 cm³/mol. The van der Waals surface area contributed by atoms with Gasteiger partial charge in [0.2, 0.25) is 5.91 Å². The van der Waals surface area contributed by atoms with Gasteiger partial charge in [-0.25, -0.2) is 0 Å². The Labute approximate surface area is 110 Å². The summed E-state index contributed by atoms with van der Waals surface area (Å²) in [7, 11) is 0. The van der Waals surface area contributed by atoms with Gasteiger partial charge in [-0.3, -0.25) is 4.79 Å². The molecule has 0 heterocycles. The van der Waals surface area contributed by atoms with Gasteiger partial charge in [0, 0.05) is 6.04 Å². The number of hydrogen-bond acceptors (Lipinski definition) is 2. The molecule has 3 aliphatic rings. The minimum Gasteiger partial charge on any atom is -0.351 e. The lowest BCUT2D eigenvalue weighted by Crippen LogP contribution is -2.58. The highest BCUT2D eigenvalue weighted by atomic mass is 16.2. The molecule has 2 bridgehead atoms. The second-order valence-corrected chi connectivity index (χ2v) is 7.11. The molecular weight excluding hydrogens is 224 g/mol. The molecule has 3 fully saturated rings. The van der Waals surface area contributed by atoms with Crippen LogP contribution >= 0.6 is 0 Å². The second-order valence-electron chi connectivity index (χ2n) is 7.11. The monoisotopic (exact) mass is 250 g/mol. The first kappa shape index (κ1) is 12.5. The topological polar surface area (TPSA) is 55.1 Å². The molecule has 3 saturated carbocycles. The van der Waals surface area contributed by atoms with Gasteiger partial charge < -0.3 is 11.1 Å². The molecule has 0 saturated heterocycles. The lowest BCUT2D eigenvalue weighted by molar-refractivity contribution is -0.129. The Morgan fingerprint density at radius 3 is 2.72 bits per heavy atom. The van der Waals surface area contributed by atoms with Crippen molar-refractivity contribution in [1.29, 1.82) is 0 Å². The Bertz CT molecular complexity index is 343. The summed E-state index contributed by atoms with van der Waals surface area (Å²) in [5.41, 5.74) is 5.77. The van der Waals surface area contributed by atoms with E-state index in [0.717, 1.165) is 31.1 Å². The number of fused-ring (bicyclic) bond motifs is 2. The zero-order chi connectivity index (χ0) is 12.8. The van der Waals surface area contributed by atoms with Gasteiger partial charge in [0.15, 0.2) is 0 Å². The van der Waals surface area contributed by atoms with Crippen molar-refractivity contribution in [2.24, 2.45) is 23.5 Å². The average Bonchev–Trinajstić information content (AvgIpc) is 2.90. The predicted octanol–water partition coefficient (Wildman–Crippen LogP) is 2.20. The zero-order valence-electron chi connectivity index (χ0n) is 11.5. The van der Waals surface area contributed by atoms with Gasteiger partial charge >= 0.3 is 0 Å². The number of nitrogens with one attached hydrogen (secondary N) is 1. The van der Waals surface area contributed by atoms with Crippen LogP contribution in [0.5, 0.6) is 0 Å². The molecule has 0 radical (unpaired) electrons. The summed E-state index contributed by atoms with van der Waals surface area (Å²) >= 11 is 0.